The summed E-state index contributed by atoms with van der Waals surface area (Å²) in [7, 11) is 1.62. The Labute approximate surface area is 130 Å². The molecule has 0 heterocycles. The maximum atomic E-state index is 10.5. The fraction of sp³-hybridized carbons (Fsp3) is 0.294. The molecule has 0 aromatic heterocycles. The average molecular weight is 307 g/mol. The number of aryl methyl sites for hydroxylation is 1. The Morgan fingerprint density at radius 3 is 2.48 bits per heavy atom. The highest BCUT2D eigenvalue weighted by Gasteiger charge is 2.20. The summed E-state index contributed by atoms with van der Waals surface area (Å²) in [5.41, 5.74) is 1.79. The van der Waals surface area contributed by atoms with E-state index >= 15 is 0 Å². The van der Waals surface area contributed by atoms with Gasteiger partial charge in [-0.2, -0.15) is 0 Å². The molecule has 2 unspecified atom stereocenters. The van der Waals surface area contributed by atoms with E-state index in [2.05, 4.69) is 0 Å². The summed E-state index contributed by atoms with van der Waals surface area (Å²) in [5.74, 6) is 1.41. The van der Waals surface area contributed by atoms with Crippen molar-refractivity contribution in [3.63, 3.8) is 0 Å². The summed E-state index contributed by atoms with van der Waals surface area (Å²) in [5, 5.41) is 11.1. The van der Waals surface area contributed by atoms with E-state index in [1.807, 2.05) is 44.2 Å². The number of aliphatic hydroxyl groups excluding tert-OH is 1. The van der Waals surface area contributed by atoms with Gasteiger partial charge >= 0.3 is 0 Å². The second kappa shape index (κ2) is 6.83. The van der Waals surface area contributed by atoms with Gasteiger partial charge in [0.05, 0.1) is 7.11 Å². The van der Waals surface area contributed by atoms with Crippen molar-refractivity contribution in [1.82, 2.24) is 0 Å². The van der Waals surface area contributed by atoms with Crippen molar-refractivity contribution in [2.75, 3.05) is 7.11 Å². The van der Waals surface area contributed by atoms with Gasteiger partial charge in [0.2, 0.25) is 0 Å². The lowest BCUT2D eigenvalue weighted by Gasteiger charge is -2.22. The molecule has 4 heteroatoms. The minimum absolute atomic E-state index is 0.393. The summed E-state index contributed by atoms with van der Waals surface area (Å²) in [6, 6.07) is 12.7. The molecule has 0 aliphatic heterocycles. The largest absolute Gasteiger partial charge is 0.497 e. The maximum absolute atomic E-state index is 10.5. The molecule has 2 aromatic carbocycles. The highest BCUT2D eigenvalue weighted by atomic mass is 35.5. The molecule has 0 aliphatic rings. The van der Waals surface area contributed by atoms with E-state index in [9.17, 15) is 5.11 Å². The van der Waals surface area contributed by atoms with E-state index in [4.69, 9.17) is 21.1 Å². The van der Waals surface area contributed by atoms with Gasteiger partial charge in [0.15, 0.2) is 0 Å². The number of methoxy groups -OCH3 is 1. The van der Waals surface area contributed by atoms with Crippen LogP contribution in [0, 0.1) is 6.92 Å². The number of aliphatic hydroxyl groups is 1. The summed E-state index contributed by atoms with van der Waals surface area (Å²) in [6.07, 6.45) is -1.12. The van der Waals surface area contributed by atoms with Crippen LogP contribution in [-0.4, -0.2) is 18.3 Å². The van der Waals surface area contributed by atoms with E-state index in [0.29, 0.717) is 10.8 Å². The van der Waals surface area contributed by atoms with Gasteiger partial charge in [-0.1, -0.05) is 23.7 Å². The van der Waals surface area contributed by atoms with Gasteiger partial charge in [0.1, 0.15) is 23.7 Å². The van der Waals surface area contributed by atoms with Crippen LogP contribution in [0.3, 0.4) is 0 Å². The van der Waals surface area contributed by atoms with Crippen LogP contribution < -0.4 is 9.47 Å². The first kappa shape index (κ1) is 15.7. The van der Waals surface area contributed by atoms with Crippen molar-refractivity contribution in [3.05, 3.63) is 58.6 Å². The Kier molecular flexibility index (Phi) is 5.10. The molecule has 0 spiro atoms. The van der Waals surface area contributed by atoms with Gasteiger partial charge in [-0.05, 0) is 55.3 Å². The van der Waals surface area contributed by atoms with Gasteiger partial charge < -0.3 is 14.6 Å². The van der Waals surface area contributed by atoms with Gasteiger partial charge in [-0.15, -0.1) is 0 Å². The molecular formula is C17H19ClO3. The Hall–Kier alpha value is -1.71. The molecular weight excluding hydrogens is 288 g/mol. The normalized spacial score (nSPS) is 13.6. The molecule has 0 aliphatic carbocycles. The zero-order chi connectivity index (χ0) is 15.4. The van der Waals surface area contributed by atoms with Gasteiger partial charge in [-0.25, -0.2) is 0 Å². The standard InChI is InChI=1S/C17H19ClO3/c1-11-9-14(20-3)7-8-16(11)17(19)12(2)21-15-6-4-5-13(18)10-15/h4-10,12,17,19H,1-3H3. The van der Waals surface area contributed by atoms with Crippen LogP contribution in [-0.2, 0) is 0 Å². The SMILES string of the molecule is COc1ccc(C(O)C(C)Oc2cccc(Cl)c2)c(C)c1. The number of ether oxygens (including phenoxy) is 2. The van der Waals surface area contributed by atoms with Crippen molar-refractivity contribution in [3.8, 4) is 11.5 Å². The molecule has 0 fully saturated rings. The summed E-state index contributed by atoms with van der Waals surface area (Å²) in [4.78, 5) is 0. The third-order valence-electron chi connectivity index (χ3n) is 3.36. The number of benzene rings is 2. The second-order valence-electron chi connectivity index (χ2n) is 4.95. The van der Waals surface area contributed by atoms with Gasteiger partial charge in [0, 0.05) is 5.02 Å². The van der Waals surface area contributed by atoms with Crippen molar-refractivity contribution in [2.45, 2.75) is 26.1 Å². The Morgan fingerprint density at radius 2 is 1.86 bits per heavy atom. The number of hydrogen-bond acceptors (Lipinski definition) is 3. The highest BCUT2D eigenvalue weighted by Crippen LogP contribution is 2.27. The zero-order valence-corrected chi connectivity index (χ0v) is 13.1. The predicted molar refractivity (Wildman–Crippen MR) is 84.2 cm³/mol. The molecule has 2 rings (SSSR count). The van der Waals surface area contributed by atoms with Crippen molar-refractivity contribution in [2.24, 2.45) is 0 Å². The lowest BCUT2D eigenvalue weighted by atomic mass is 10.00. The van der Waals surface area contributed by atoms with Crippen molar-refractivity contribution in [1.29, 1.82) is 0 Å². The number of rotatable bonds is 5. The summed E-state index contributed by atoms with van der Waals surface area (Å²) >= 11 is 5.93. The minimum Gasteiger partial charge on any atom is -0.497 e. The van der Waals surface area contributed by atoms with Crippen molar-refractivity contribution < 1.29 is 14.6 Å². The third kappa shape index (κ3) is 3.90. The van der Waals surface area contributed by atoms with Gasteiger partial charge in [-0.3, -0.25) is 0 Å². The number of halogens is 1. The molecule has 1 N–H and O–H groups in total. The van der Waals surface area contributed by atoms with Gasteiger partial charge in [0.25, 0.3) is 0 Å². The fourth-order valence-electron chi connectivity index (χ4n) is 2.18. The topological polar surface area (TPSA) is 38.7 Å². The molecule has 2 aromatic rings. The third-order valence-corrected chi connectivity index (χ3v) is 3.59. The molecule has 0 saturated carbocycles. The predicted octanol–water partition coefficient (Wildman–Crippen LogP) is 4.16. The van der Waals surface area contributed by atoms with E-state index in [1.165, 1.54) is 0 Å². The molecule has 2 atom stereocenters. The Balaban J connectivity index is 2.13. The Morgan fingerprint density at radius 1 is 1.10 bits per heavy atom. The Bertz CT molecular complexity index is 613. The first-order valence-corrected chi connectivity index (χ1v) is 7.14. The van der Waals surface area contributed by atoms with Crippen LogP contribution in [0.4, 0.5) is 0 Å². The van der Waals surface area contributed by atoms with Crippen LogP contribution in [0.15, 0.2) is 42.5 Å². The molecule has 0 saturated heterocycles. The van der Waals surface area contributed by atoms with E-state index in [0.717, 1.165) is 16.9 Å². The quantitative estimate of drug-likeness (QED) is 0.901. The molecule has 112 valence electrons. The molecule has 21 heavy (non-hydrogen) atoms. The summed E-state index contributed by atoms with van der Waals surface area (Å²) < 4.78 is 10.9. The van der Waals surface area contributed by atoms with Crippen molar-refractivity contribution >= 4 is 11.6 Å². The zero-order valence-electron chi connectivity index (χ0n) is 12.3. The first-order chi connectivity index (χ1) is 10.0. The number of hydrogen-bond donors (Lipinski definition) is 1. The van der Waals surface area contributed by atoms with E-state index in [1.54, 1.807) is 19.2 Å². The molecule has 0 bridgehead atoms. The molecule has 3 nitrogen and oxygen atoms in total. The van der Waals surface area contributed by atoms with E-state index < -0.39 is 12.2 Å². The van der Waals surface area contributed by atoms with Crippen LogP contribution in [0.1, 0.15) is 24.2 Å². The summed E-state index contributed by atoms with van der Waals surface area (Å²) in [6.45, 7) is 3.77. The first-order valence-electron chi connectivity index (χ1n) is 6.76. The molecule has 0 amide bonds. The lowest BCUT2D eigenvalue weighted by molar-refractivity contribution is 0.0463. The average Bonchev–Trinajstić information content (AvgIpc) is 2.46. The van der Waals surface area contributed by atoms with E-state index in [-0.39, 0.29) is 0 Å². The maximum Gasteiger partial charge on any atom is 0.126 e. The molecule has 0 radical (unpaired) electrons. The smallest absolute Gasteiger partial charge is 0.126 e. The highest BCUT2D eigenvalue weighted by molar-refractivity contribution is 6.30. The van der Waals surface area contributed by atoms with Crippen LogP contribution in [0.2, 0.25) is 5.02 Å². The minimum atomic E-state index is -0.727. The second-order valence-corrected chi connectivity index (χ2v) is 5.38. The lowest BCUT2D eigenvalue weighted by Crippen LogP contribution is -2.22. The monoisotopic (exact) mass is 306 g/mol. The van der Waals surface area contributed by atoms with Crippen LogP contribution >= 0.6 is 11.6 Å². The van der Waals surface area contributed by atoms with Crippen LogP contribution in [0.25, 0.3) is 0 Å². The van der Waals surface area contributed by atoms with Crippen LogP contribution in [0.5, 0.6) is 11.5 Å². The fourth-order valence-corrected chi connectivity index (χ4v) is 2.36.